The van der Waals surface area contributed by atoms with Crippen molar-refractivity contribution < 1.29 is 13.2 Å². The van der Waals surface area contributed by atoms with Crippen LogP contribution in [0.15, 0.2) is 65.7 Å². The quantitative estimate of drug-likeness (QED) is 0.752. The number of benzene rings is 2. The molecule has 7 heteroatoms. The molecule has 0 spiro atoms. The highest BCUT2D eigenvalue weighted by Gasteiger charge is 2.27. The second-order valence-corrected chi connectivity index (χ2v) is 8.41. The maximum absolute atomic E-state index is 12.7. The van der Waals surface area contributed by atoms with Crippen LogP contribution in [-0.2, 0) is 10.0 Å². The number of sulfonamides is 1. The third-order valence-electron chi connectivity index (χ3n) is 4.69. The van der Waals surface area contributed by atoms with E-state index in [1.807, 2.05) is 18.2 Å². The van der Waals surface area contributed by atoms with Crippen molar-refractivity contribution in [3.63, 3.8) is 0 Å². The molecule has 3 aromatic rings. The number of fused-ring (bicyclic) bond motifs is 1. The maximum atomic E-state index is 12.7. The predicted molar refractivity (Wildman–Crippen MR) is 104 cm³/mol. The fraction of sp³-hybridized carbons (Fsp3) is 0.200. The van der Waals surface area contributed by atoms with E-state index in [0.717, 1.165) is 23.7 Å². The summed E-state index contributed by atoms with van der Waals surface area (Å²) in [5, 5.41) is 3.69. The fourth-order valence-corrected chi connectivity index (χ4v) is 4.85. The third-order valence-corrected chi connectivity index (χ3v) is 6.59. The number of amides is 1. The van der Waals surface area contributed by atoms with Gasteiger partial charge in [-0.15, -0.1) is 0 Å². The first kappa shape index (κ1) is 17.6. The molecular weight excluding hydrogens is 362 g/mol. The Morgan fingerprint density at radius 1 is 1.00 bits per heavy atom. The van der Waals surface area contributed by atoms with E-state index in [1.54, 1.807) is 30.5 Å². The number of pyridine rings is 1. The minimum Gasteiger partial charge on any atom is -0.321 e. The van der Waals surface area contributed by atoms with Gasteiger partial charge in [0.2, 0.25) is 10.0 Å². The van der Waals surface area contributed by atoms with Crippen LogP contribution in [0.4, 0.5) is 5.69 Å². The molecule has 138 valence electrons. The van der Waals surface area contributed by atoms with Crippen LogP contribution >= 0.6 is 0 Å². The van der Waals surface area contributed by atoms with Gasteiger partial charge in [-0.1, -0.05) is 12.1 Å². The number of carbonyl (C=O) groups excluding carboxylic acids is 1. The maximum Gasteiger partial charge on any atom is 0.255 e. The lowest BCUT2D eigenvalue weighted by molar-refractivity contribution is 0.102. The molecule has 1 fully saturated rings. The first-order valence-electron chi connectivity index (χ1n) is 8.81. The lowest BCUT2D eigenvalue weighted by Crippen LogP contribution is -2.28. The lowest BCUT2D eigenvalue weighted by atomic mass is 10.1. The monoisotopic (exact) mass is 381 g/mol. The summed E-state index contributed by atoms with van der Waals surface area (Å²) >= 11 is 0. The van der Waals surface area contributed by atoms with Gasteiger partial charge in [0.1, 0.15) is 0 Å². The smallest absolute Gasteiger partial charge is 0.255 e. The molecule has 4 rings (SSSR count). The summed E-state index contributed by atoms with van der Waals surface area (Å²) in [6, 6.07) is 15.4. The van der Waals surface area contributed by atoms with Gasteiger partial charge < -0.3 is 5.32 Å². The zero-order valence-electron chi connectivity index (χ0n) is 14.6. The highest BCUT2D eigenvalue weighted by atomic mass is 32.2. The van der Waals surface area contributed by atoms with Crippen LogP contribution in [0.5, 0.6) is 0 Å². The highest BCUT2D eigenvalue weighted by Crippen LogP contribution is 2.24. The van der Waals surface area contributed by atoms with Crippen molar-refractivity contribution in [2.75, 3.05) is 18.4 Å². The van der Waals surface area contributed by atoms with Crippen LogP contribution in [0.25, 0.3) is 10.9 Å². The van der Waals surface area contributed by atoms with E-state index in [9.17, 15) is 13.2 Å². The van der Waals surface area contributed by atoms with Crippen molar-refractivity contribution in [2.45, 2.75) is 17.7 Å². The van der Waals surface area contributed by atoms with E-state index in [4.69, 9.17) is 0 Å². The highest BCUT2D eigenvalue weighted by molar-refractivity contribution is 7.89. The molecular formula is C20H19N3O3S. The van der Waals surface area contributed by atoms with E-state index >= 15 is 0 Å². The Morgan fingerprint density at radius 2 is 1.78 bits per heavy atom. The summed E-state index contributed by atoms with van der Waals surface area (Å²) in [5.74, 6) is -0.357. The molecule has 1 N–H and O–H groups in total. The topological polar surface area (TPSA) is 79.4 Å². The number of carbonyl (C=O) groups is 1. The van der Waals surface area contributed by atoms with E-state index in [-0.39, 0.29) is 10.8 Å². The first-order chi connectivity index (χ1) is 13.1. The molecule has 1 aliphatic rings. The first-order valence-corrected chi connectivity index (χ1v) is 10.2. The minimum absolute atomic E-state index is 0.150. The Hall–Kier alpha value is -2.77. The van der Waals surface area contributed by atoms with Crippen LogP contribution < -0.4 is 5.32 Å². The van der Waals surface area contributed by atoms with Gasteiger partial charge in [0.05, 0.1) is 16.1 Å². The van der Waals surface area contributed by atoms with Crippen LogP contribution in [-0.4, -0.2) is 36.7 Å². The van der Waals surface area contributed by atoms with Crippen molar-refractivity contribution in [1.29, 1.82) is 0 Å². The molecule has 0 aliphatic carbocycles. The Kier molecular flexibility index (Phi) is 4.63. The van der Waals surface area contributed by atoms with Crippen LogP contribution in [0.2, 0.25) is 0 Å². The SMILES string of the molecule is O=C(Nc1cccc2ncccc12)c1cccc(S(=O)(=O)N2CCCC2)c1. The molecule has 0 bridgehead atoms. The number of aromatic nitrogens is 1. The van der Waals surface area contributed by atoms with E-state index < -0.39 is 10.0 Å². The fourth-order valence-electron chi connectivity index (χ4n) is 3.28. The van der Waals surface area contributed by atoms with Gasteiger partial charge in [-0.25, -0.2) is 8.42 Å². The van der Waals surface area contributed by atoms with Gasteiger partial charge >= 0.3 is 0 Å². The third kappa shape index (κ3) is 3.43. The summed E-state index contributed by atoms with van der Waals surface area (Å²) in [6.07, 6.45) is 3.43. The van der Waals surface area contributed by atoms with Gasteiger partial charge in [0.25, 0.3) is 5.91 Å². The number of nitrogens with one attached hydrogen (secondary N) is 1. The largest absolute Gasteiger partial charge is 0.321 e. The summed E-state index contributed by atoms with van der Waals surface area (Å²) in [6.45, 7) is 1.06. The van der Waals surface area contributed by atoms with Gasteiger partial charge in [-0.2, -0.15) is 4.31 Å². The van der Waals surface area contributed by atoms with Gasteiger partial charge in [-0.3, -0.25) is 9.78 Å². The second kappa shape index (κ2) is 7.09. The number of nitrogens with zero attached hydrogens (tertiary/aromatic N) is 2. The van der Waals surface area contributed by atoms with Crippen molar-refractivity contribution in [2.24, 2.45) is 0 Å². The molecule has 0 unspecified atom stereocenters. The standard InChI is InChI=1S/C20H19N3O3S/c24-20(22-19-10-4-9-18-17(19)8-5-11-21-18)15-6-3-7-16(14-15)27(25,26)23-12-1-2-13-23/h3-11,14H,1-2,12-13H2,(H,22,24). The van der Waals surface area contributed by atoms with E-state index in [1.165, 1.54) is 16.4 Å². The van der Waals surface area contributed by atoms with Crippen molar-refractivity contribution in [1.82, 2.24) is 9.29 Å². The Morgan fingerprint density at radius 3 is 2.59 bits per heavy atom. The molecule has 1 amide bonds. The van der Waals surface area contributed by atoms with Crippen LogP contribution in [0.1, 0.15) is 23.2 Å². The molecule has 2 heterocycles. The normalized spacial score (nSPS) is 15.1. The Labute approximate surface area is 157 Å². The molecule has 2 aromatic carbocycles. The molecule has 6 nitrogen and oxygen atoms in total. The number of anilines is 1. The van der Waals surface area contributed by atoms with Gasteiger partial charge in [0, 0.05) is 30.2 Å². The zero-order chi connectivity index (χ0) is 18.9. The number of hydrogen-bond acceptors (Lipinski definition) is 4. The summed E-state index contributed by atoms with van der Waals surface area (Å²) in [5.41, 5.74) is 1.72. The van der Waals surface area contributed by atoms with Crippen molar-refractivity contribution in [3.8, 4) is 0 Å². The molecule has 0 atom stereocenters. The van der Waals surface area contributed by atoms with Gasteiger partial charge in [-0.05, 0) is 55.3 Å². The average Bonchev–Trinajstić information content (AvgIpc) is 3.24. The summed E-state index contributed by atoms with van der Waals surface area (Å²) in [7, 11) is -3.56. The summed E-state index contributed by atoms with van der Waals surface area (Å²) in [4.78, 5) is 17.1. The summed E-state index contributed by atoms with van der Waals surface area (Å²) < 4.78 is 26.9. The Bertz CT molecular complexity index is 1100. The lowest BCUT2D eigenvalue weighted by Gasteiger charge is -2.16. The Balaban J connectivity index is 1.63. The number of hydrogen-bond donors (Lipinski definition) is 1. The molecule has 1 aliphatic heterocycles. The van der Waals surface area contributed by atoms with Gasteiger partial charge in [0.15, 0.2) is 0 Å². The number of rotatable bonds is 4. The molecule has 1 saturated heterocycles. The van der Waals surface area contributed by atoms with Crippen molar-refractivity contribution >= 4 is 32.5 Å². The predicted octanol–water partition coefficient (Wildman–Crippen LogP) is 3.27. The van der Waals surface area contributed by atoms with Crippen LogP contribution in [0, 0.1) is 0 Å². The molecule has 0 saturated carbocycles. The van der Waals surface area contributed by atoms with Crippen LogP contribution in [0.3, 0.4) is 0 Å². The van der Waals surface area contributed by atoms with E-state index in [2.05, 4.69) is 10.3 Å². The molecule has 27 heavy (non-hydrogen) atoms. The second-order valence-electron chi connectivity index (χ2n) is 6.47. The molecule has 0 radical (unpaired) electrons. The average molecular weight is 381 g/mol. The minimum atomic E-state index is -3.56. The molecule has 1 aromatic heterocycles. The van der Waals surface area contributed by atoms with Crippen molar-refractivity contribution in [3.05, 3.63) is 66.4 Å². The van der Waals surface area contributed by atoms with E-state index in [0.29, 0.717) is 24.3 Å². The zero-order valence-corrected chi connectivity index (χ0v) is 15.4.